The number of methoxy groups -OCH3 is 2. The molecule has 3 aromatic rings. The van der Waals surface area contributed by atoms with E-state index in [2.05, 4.69) is 10.6 Å². The third-order valence-electron chi connectivity index (χ3n) is 9.81. The van der Waals surface area contributed by atoms with Gasteiger partial charge in [-0.25, -0.2) is 4.79 Å². The number of fused-ring (bicyclic) bond motifs is 2. The Balaban J connectivity index is 1.27. The van der Waals surface area contributed by atoms with Crippen LogP contribution in [0.15, 0.2) is 51.3 Å². The molecule has 6 rings (SSSR count). The minimum absolute atomic E-state index is 0.0280. The molecule has 16 nitrogen and oxygen atoms in total. The van der Waals surface area contributed by atoms with Crippen molar-refractivity contribution >= 4 is 35.0 Å². The Labute approximate surface area is 307 Å². The predicted molar refractivity (Wildman–Crippen MR) is 187 cm³/mol. The van der Waals surface area contributed by atoms with Crippen LogP contribution in [0.3, 0.4) is 0 Å². The first kappa shape index (κ1) is 37.0. The van der Waals surface area contributed by atoms with Crippen molar-refractivity contribution in [3.63, 3.8) is 0 Å². The van der Waals surface area contributed by atoms with E-state index in [-0.39, 0.29) is 72.6 Å². The van der Waals surface area contributed by atoms with Crippen LogP contribution in [0.4, 0.5) is 0 Å². The SMILES string of the molecule is COc1cc(OC)c2c(c1Cl)OC1(C2=O)C(O)=C(C(CC(=O)NCCC(=O)NCc2cc(=O)n(C)c(=O)n2C)c2ccc3c(c2)OCO3)C(=O)CC1C. The molecule has 0 saturated heterocycles. The predicted octanol–water partition coefficient (Wildman–Crippen LogP) is 2.21. The van der Waals surface area contributed by atoms with Crippen LogP contribution in [-0.4, -0.2) is 70.8 Å². The molecule has 3 unspecified atom stereocenters. The number of carbonyl (C=O) groups excluding carboxylic acids is 4. The quantitative estimate of drug-likeness (QED) is 0.258. The second-order valence-corrected chi connectivity index (χ2v) is 13.3. The van der Waals surface area contributed by atoms with E-state index >= 15 is 0 Å². The van der Waals surface area contributed by atoms with Crippen molar-refractivity contribution in [3.05, 3.63) is 84.3 Å². The molecule has 2 aromatic carbocycles. The minimum Gasteiger partial charge on any atom is -0.507 e. The van der Waals surface area contributed by atoms with Crippen molar-refractivity contribution in [3.8, 4) is 28.7 Å². The monoisotopic (exact) mass is 752 g/mol. The first-order chi connectivity index (χ1) is 25.2. The Bertz CT molecular complexity index is 2210. The van der Waals surface area contributed by atoms with Crippen LogP contribution in [0, 0.1) is 5.92 Å². The van der Waals surface area contributed by atoms with Gasteiger partial charge >= 0.3 is 5.69 Å². The molecule has 3 N–H and O–H groups in total. The average molecular weight is 753 g/mol. The van der Waals surface area contributed by atoms with Gasteiger partial charge in [-0.1, -0.05) is 24.6 Å². The molecule has 17 heteroatoms. The minimum atomic E-state index is -2.08. The summed E-state index contributed by atoms with van der Waals surface area (Å²) in [5, 5.41) is 17.4. The van der Waals surface area contributed by atoms with Gasteiger partial charge in [0.05, 0.1) is 20.8 Å². The third-order valence-corrected chi connectivity index (χ3v) is 10.2. The van der Waals surface area contributed by atoms with Gasteiger partial charge in [-0.15, -0.1) is 0 Å². The van der Waals surface area contributed by atoms with E-state index in [1.54, 1.807) is 25.1 Å². The van der Waals surface area contributed by atoms with Crippen LogP contribution in [0.5, 0.6) is 28.7 Å². The largest absolute Gasteiger partial charge is 0.507 e. The van der Waals surface area contributed by atoms with Crippen molar-refractivity contribution in [2.75, 3.05) is 27.6 Å². The Morgan fingerprint density at radius 2 is 1.72 bits per heavy atom. The number of aromatic nitrogens is 2. The summed E-state index contributed by atoms with van der Waals surface area (Å²) in [5.74, 6) is -3.90. The van der Waals surface area contributed by atoms with Crippen molar-refractivity contribution in [2.45, 2.75) is 44.2 Å². The van der Waals surface area contributed by atoms with Gasteiger partial charge in [-0.05, 0) is 17.7 Å². The summed E-state index contributed by atoms with van der Waals surface area (Å²) in [7, 11) is 5.55. The maximum absolute atomic E-state index is 14.3. The number of halogens is 1. The van der Waals surface area contributed by atoms with Crippen molar-refractivity contribution < 1.29 is 48.0 Å². The normalized spacial score (nSPS) is 19.2. The number of ketones is 2. The fourth-order valence-electron chi connectivity index (χ4n) is 6.85. The molecule has 0 fully saturated rings. The maximum Gasteiger partial charge on any atom is 0.330 e. The molecular weight excluding hydrogens is 716 g/mol. The highest BCUT2D eigenvalue weighted by atomic mass is 35.5. The second-order valence-electron chi connectivity index (χ2n) is 12.9. The molecule has 1 aromatic heterocycles. The summed E-state index contributed by atoms with van der Waals surface area (Å²) in [5.41, 5.74) is -2.67. The number of hydrogen-bond donors (Lipinski definition) is 3. The Hall–Kier alpha value is -5.77. The van der Waals surface area contributed by atoms with Crippen LogP contribution in [-0.2, 0) is 35.0 Å². The smallest absolute Gasteiger partial charge is 0.330 e. The number of ether oxygens (including phenoxy) is 5. The molecule has 53 heavy (non-hydrogen) atoms. The third kappa shape index (κ3) is 6.36. The second kappa shape index (κ2) is 14.3. The highest BCUT2D eigenvalue weighted by Crippen LogP contribution is 2.56. The number of rotatable bonds is 11. The van der Waals surface area contributed by atoms with Crippen LogP contribution in [0.1, 0.15) is 53.7 Å². The summed E-state index contributed by atoms with van der Waals surface area (Å²) in [6.45, 7) is 1.36. The number of carbonyl (C=O) groups is 4. The molecule has 280 valence electrons. The van der Waals surface area contributed by atoms with E-state index in [0.29, 0.717) is 22.8 Å². The van der Waals surface area contributed by atoms with Gasteiger partial charge in [0, 0.05) is 75.1 Å². The number of allylic oxidation sites excluding steroid dienone is 1. The molecule has 3 aliphatic rings. The summed E-state index contributed by atoms with van der Waals surface area (Å²) in [4.78, 5) is 78.6. The van der Waals surface area contributed by atoms with Crippen LogP contribution >= 0.6 is 11.6 Å². The van der Waals surface area contributed by atoms with Crippen molar-refractivity contribution in [2.24, 2.45) is 20.0 Å². The Morgan fingerprint density at radius 1 is 1.00 bits per heavy atom. The number of hydrogen-bond acceptors (Lipinski definition) is 12. The lowest BCUT2D eigenvalue weighted by Gasteiger charge is -2.38. The van der Waals surface area contributed by atoms with Gasteiger partial charge in [0.25, 0.3) is 5.56 Å². The van der Waals surface area contributed by atoms with Crippen LogP contribution < -0.4 is 45.6 Å². The van der Waals surface area contributed by atoms with E-state index in [0.717, 1.165) is 4.57 Å². The van der Waals surface area contributed by atoms with Gasteiger partial charge in [0.1, 0.15) is 22.1 Å². The summed E-state index contributed by atoms with van der Waals surface area (Å²) in [6.07, 6.45) is -0.761. The molecular formula is C36H37ClN4O12. The molecule has 0 radical (unpaired) electrons. The first-order valence-corrected chi connectivity index (χ1v) is 16.9. The molecule has 0 saturated carbocycles. The topological polar surface area (TPSA) is 203 Å². The molecule has 3 atom stereocenters. The van der Waals surface area contributed by atoms with Crippen LogP contribution in [0.2, 0.25) is 5.02 Å². The van der Waals surface area contributed by atoms with Crippen molar-refractivity contribution in [1.29, 1.82) is 0 Å². The highest BCUT2D eigenvalue weighted by Gasteiger charge is 2.61. The molecule has 1 aliphatic carbocycles. The van der Waals surface area contributed by atoms with Gasteiger partial charge in [0.2, 0.25) is 30.0 Å². The van der Waals surface area contributed by atoms with Gasteiger partial charge in [0.15, 0.2) is 28.8 Å². The molecule has 2 aliphatic heterocycles. The lowest BCUT2D eigenvalue weighted by atomic mass is 9.69. The van der Waals surface area contributed by atoms with Crippen LogP contribution in [0.25, 0.3) is 0 Å². The Morgan fingerprint density at radius 3 is 2.43 bits per heavy atom. The van der Waals surface area contributed by atoms with E-state index in [1.807, 2.05) is 0 Å². The number of nitrogens with zero attached hydrogens (tertiary/aromatic N) is 2. The fraction of sp³-hybridized carbons (Fsp3) is 0.389. The number of aliphatic hydroxyl groups excluding tert-OH is 1. The number of benzene rings is 2. The average Bonchev–Trinajstić information content (AvgIpc) is 3.73. The molecule has 1 spiro atoms. The molecule has 0 bridgehead atoms. The zero-order chi connectivity index (χ0) is 38.4. The lowest BCUT2D eigenvalue weighted by molar-refractivity contribution is -0.122. The summed E-state index contributed by atoms with van der Waals surface area (Å²) < 4.78 is 30.3. The van der Waals surface area contributed by atoms with E-state index in [9.17, 15) is 33.9 Å². The number of aliphatic hydroxyl groups is 1. The number of amides is 2. The van der Waals surface area contributed by atoms with E-state index in [4.69, 9.17) is 35.3 Å². The fourth-order valence-corrected chi connectivity index (χ4v) is 7.12. The zero-order valence-corrected chi connectivity index (χ0v) is 30.3. The zero-order valence-electron chi connectivity index (χ0n) is 29.5. The van der Waals surface area contributed by atoms with Gasteiger partial charge < -0.3 is 39.4 Å². The van der Waals surface area contributed by atoms with E-state index < -0.39 is 57.8 Å². The first-order valence-electron chi connectivity index (χ1n) is 16.6. The summed E-state index contributed by atoms with van der Waals surface area (Å²) in [6, 6.07) is 7.49. The standard InChI is InChI=1S/C36H37ClN4O12/c1-17-10-21(42)29(33(46)36(17)34(47)30-24(49-4)14-25(50-5)31(37)32(30)53-36)20(18-6-7-22-23(11-18)52-16-51-22)13-27(44)38-9-8-26(43)39-15-19-12-28(45)41(3)35(48)40(19)2/h6-7,11-12,14,17,20,46H,8-10,13,15-16H2,1-5H3,(H,38,44)(H,39,43). The summed E-state index contributed by atoms with van der Waals surface area (Å²) >= 11 is 6.58. The highest BCUT2D eigenvalue weighted by molar-refractivity contribution is 6.35. The van der Waals surface area contributed by atoms with Gasteiger partial charge in [-0.2, -0.15) is 0 Å². The van der Waals surface area contributed by atoms with E-state index in [1.165, 1.54) is 45.0 Å². The lowest BCUT2D eigenvalue weighted by Crippen LogP contribution is -2.53. The number of Topliss-reactive ketones (excluding diaryl/α,β-unsaturated/α-hetero) is 2. The molecule has 2 amide bonds. The Kier molecular flexibility index (Phi) is 10.0. The number of nitrogens with one attached hydrogen (secondary N) is 2. The molecule has 3 heterocycles. The van der Waals surface area contributed by atoms with Gasteiger partial charge in [-0.3, -0.25) is 33.1 Å². The maximum atomic E-state index is 14.3. The van der Waals surface area contributed by atoms with Crippen molar-refractivity contribution in [1.82, 2.24) is 19.8 Å².